The lowest BCUT2D eigenvalue weighted by atomic mass is 10.0. The van der Waals surface area contributed by atoms with Crippen LogP contribution < -0.4 is 4.90 Å². The highest BCUT2D eigenvalue weighted by atomic mass is 15.3. The summed E-state index contributed by atoms with van der Waals surface area (Å²) in [6, 6.07) is 2.99. The minimum absolute atomic E-state index is 0.625. The minimum atomic E-state index is 0.625. The van der Waals surface area contributed by atoms with Gasteiger partial charge in [-0.2, -0.15) is 10.4 Å². The number of nitrogens with zero attached hydrogens (tertiary/aromatic N) is 5. The van der Waals surface area contributed by atoms with Crippen molar-refractivity contribution in [2.45, 2.75) is 45.6 Å². The van der Waals surface area contributed by atoms with Gasteiger partial charge in [-0.25, -0.2) is 0 Å². The number of hydrogen-bond donors (Lipinski definition) is 0. The molecule has 2 heterocycles. The lowest BCUT2D eigenvalue weighted by Crippen LogP contribution is -2.42. The molecular weight excluding hydrogens is 262 g/mol. The molecule has 0 saturated carbocycles. The molecule has 0 amide bonds. The van der Waals surface area contributed by atoms with Crippen LogP contribution in [-0.2, 0) is 12.8 Å². The number of anilines is 1. The highest BCUT2D eigenvalue weighted by Gasteiger charge is 2.25. The largest absolute Gasteiger partial charge is 0.354 e. The maximum atomic E-state index is 9.57. The Hall–Kier alpha value is -1.67. The van der Waals surface area contributed by atoms with Crippen LogP contribution in [0.25, 0.3) is 0 Å². The second-order valence-electron chi connectivity index (χ2n) is 5.82. The van der Waals surface area contributed by atoms with Crippen molar-refractivity contribution in [1.82, 2.24) is 15.1 Å². The zero-order chi connectivity index (χ0) is 15.4. The van der Waals surface area contributed by atoms with E-state index in [9.17, 15) is 5.26 Å². The Kier molecular flexibility index (Phi) is 5.13. The summed E-state index contributed by atoms with van der Waals surface area (Å²) in [5.74, 6) is 0.781. The van der Waals surface area contributed by atoms with E-state index in [1.165, 1.54) is 0 Å². The van der Waals surface area contributed by atoms with Crippen molar-refractivity contribution in [1.29, 1.82) is 5.26 Å². The molecule has 1 aliphatic rings. The summed E-state index contributed by atoms with van der Waals surface area (Å²) in [6.45, 7) is 6.04. The number of rotatable bonds is 4. The molecule has 2 rings (SSSR count). The lowest BCUT2D eigenvalue weighted by molar-refractivity contribution is 0.249. The van der Waals surface area contributed by atoms with Crippen LogP contribution in [0, 0.1) is 11.3 Å². The third-order valence-electron chi connectivity index (χ3n) is 4.43. The Morgan fingerprint density at radius 3 is 2.33 bits per heavy atom. The van der Waals surface area contributed by atoms with E-state index in [-0.39, 0.29) is 0 Å². The van der Waals surface area contributed by atoms with Gasteiger partial charge in [0.1, 0.15) is 11.6 Å². The smallest absolute Gasteiger partial charge is 0.169 e. The molecule has 5 heteroatoms. The molecule has 0 spiro atoms. The van der Waals surface area contributed by atoms with Crippen molar-refractivity contribution in [2.24, 2.45) is 0 Å². The molecular formula is C16H25N5. The van der Waals surface area contributed by atoms with Crippen molar-refractivity contribution in [3.05, 3.63) is 16.8 Å². The number of aromatic nitrogens is 2. The maximum absolute atomic E-state index is 9.57. The van der Waals surface area contributed by atoms with Crippen molar-refractivity contribution >= 4 is 5.82 Å². The van der Waals surface area contributed by atoms with E-state index >= 15 is 0 Å². The summed E-state index contributed by atoms with van der Waals surface area (Å²) in [6.07, 6.45) is 3.88. The van der Waals surface area contributed by atoms with Gasteiger partial charge in [0.2, 0.25) is 0 Å². The first kappa shape index (κ1) is 15.7. The van der Waals surface area contributed by atoms with Gasteiger partial charge in [-0.3, -0.25) is 0 Å². The van der Waals surface area contributed by atoms with Crippen molar-refractivity contribution in [3.8, 4) is 6.07 Å². The number of nitriles is 1. The van der Waals surface area contributed by atoms with Crippen LogP contribution in [-0.4, -0.2) is 48.3 Å². The van der Waals surface area contributed by atoms with Crippen LogP contribution in [0.4, 0.5) is 5.82 Å². The van der Waals surface area contributed by atoms with Crippen molar-refractivity contribution in [2.75, 3.05) is 32.1 Å². The molecule has 21 heavy (non-hydrogen) atoms. The molecule has 5 nitrogen and oxygen atoms in total. The Bertz CT molecular complexity index is 524. The lowest BCUT2D eigenvalue weighted by Gasteiger charge is -2.36. The van der Waals surface area contributed by atoms with Gasteiger partial charge in [-0.1, -0.05) is 13.8 Å². The molecule has 0 unspecified atom stereocenters. The monoisotopic (exact) mass is 287 g/mol. The second-order valence-corrected chi connectivity index (χ2v) is 5.82. The fourth-order valence-corrected chi connectivity index (χ4v) is 3.10. The first-order chi connectivity index (χ1) is 10.1. The Morgan fingerprint density at radius 2 is 1.86 bits per heavy atom. The van der Waals surface area contributed by atoms with Crippen molar-refractivity contribution in [3.63, 3.8) is 0 Å². The second kappa shape index (κ2) is 6.86. The third kappa shape index (κ3) is 3.16. The SMILES string of the molecule is CCc1nnc(N2CCC(N(C)C)CC2)c(C#N)c1CC. The maximum Gasteiger partial charge on any atom is 0.169 e. The Morgan fingerprint density at radius 1 is 1.19 bits per heavy atom. The molecule has 1 saturated heterocycles. The highest BCUT2D eigenvalue weighted by Crippen LogP contribution is 2.26. The zero-order valence-electron chi connectivity index (χ0n) is 13.6. The van der Waals surface area contributed by atoms with E-state index in [0.717, 1.165) is 61.4 Å². The molecule has 0 N–H and O–H groups in total. The van der Waals surface area contributed by atoms with Crippen LogP contribution in [0.5, 0.6) is 0 Å². The van der Waals surface area contributed by atoms with Crippen LogP contribution >= 0.6 is 0 Å². The standard InChI is InChI=1S/C16H25N5/c1-5-13-14(11-17)16(19-18-15(13)6-2)21-9-7-12(8-10-21)20(3)4/h12H,5-10H2,1-4H3. The number of aryl methyl sites for hydroxylation is 1. The summed E-state index contributed by atoms with van der Waals surface area (Å²) >= 11 is 0. The molecule has 0 bridgehead atoms. The number of piperidine rings is 1. The van der Waals surface area contributed by atoms with E-state index in [2.05, 4.69) is 54.0 Å². The molecule has 0 aromatic carbocycles. The van der Waals surface area contributed by atoms with Crippen LogP contribution in [0.15, 0.2) is 0 Å². The normalized spacial score (nSPS) is 16.3. The van der Waals surface area contributed by atoms with E-state index in [1.54, 1.807) is 0 Å². The summed E-state index contributed by atoms with van der Waals surface area (Å²) in [5.41, 5.74) is 2.76. The summed E-state index contributed by atoms with van der Waals surface area (Å²) in [5, 5.41) is 18.3. The first-order valence-electron chi connectivity index (χ1n) is 7.82. The van der Waals surface area contributed by atoms with Gasteiger partial charge >= 0.3 is 0 Å². The zero-order valence-corrected chi connectivity index (χ0v) is 13.6. The summed E-state index contributed by atoms with van der Waals surface area (Å²) in [7, 11) is 4.26. The average molecular weight is 287 g/mol. The van der Waals surface area contributed by atoms with Crippen LogP contribution in [0.3, 0.4) is 0 Å². The van der Waals surface area contributed by atoms with Gasteiger partial charge in [-0.05, 0) is 45.3 Å². The fraction of sp³-hybridized carbons (Fsp3) is 0.688. The fourth-order valence-electron chi connectivity index (χ4n) is 3.10. The molecule has 1 fully saturated rings. The minimum Gasteiger partial charge on any atom is -0.354 e. The number of hydrogen-bond acceptors (Lipinski definition) is 5. The van der Waals surface area contributed by atoms with E-state index < -0.39 is 0 Å². The van der Waals surface area contributed by atoms with Crippen LogP contribution in [0.1, 0.15) is 43.5 Å². The van der Waals surface area contributed by atoms with E-state index in [1.807, 2.05) is 0 Å². The third-order valence-corrected chi connectivity index (χ3v) is 4.43. The summed E-state index contributed by atoms with van der Waals surface area (Å²) in [4.78, 5) is 4.51. The average Bonchev–Trinajstić information content (AvgIpc) is 2.53. The van der Waals surface area contributed by atoms with Gasteiger partial charge in [0.15, 0.2) is 5.82 Å². The van der Waals surface area contributed by atoms with E-state index in [0.29, 0.717) is 6.04 Å². The predicted molar refractivity (Wildman–Crippen MR) is 84.4 cm³/mol. The van der Waals surface area contributed by atoms with Gasteiger partial charge in [0.05, 0.1) is 5.69 Å². The van der Waals surface area contributed by atoms with Gasteiger partial charge < -0.3 is 9.80 Å². The van der Waals surface area contributed by atoms with Gasteiger partial charge in [0, 0.05) is 19.1 Å². The molecule has 0 aliphatic carbocycles. The Labute approximate surface area is 127 Å². The molecule has 0 radical (unpaired) electrons. The topological polar surface area (TPSA) is 56.1 Å². The quantitative estimate of drug-likeness (QED) is 0.848. The summed E-state index contributed by atoms with van der Waals surface area (Å²) < 4.78 is 0. The Balaban J connectivity index is 2.27. The highest BCUT2D eigenvalue weighted by molar-refractivity contribution is 5.58. The molecule has 1 aromatic rings. The first-order valence-corrected chi connectivity index (χ1v) is 7.82. The molecule has 1 aliphatic heterocycles. The molecule has 1 aromatic heterocycles. The van der Waals surface area contributed by atoms with E-state index in [4.69, 9.17) is 0 Å². The predicted octanol–water partition coefficient (Wildman–Crippen LogP) is 2.00. The van der Waals surface area contributed by atoms with Gasteiger partial charge in [-0.15, -0.1) is 5.10 Å². The molecule has 114 valence electrons. The van der Waals surface area contributed by atoms with Gasteiger partial charge in [0.25, 0.3) is 0 Å². The van der Waals surface area contributed by atoms with Crippen molar-refractivity contribution < 1.29 is 0 Å². The van der Waals surface area contributed by atoms with Crippen LogP contribution in [0.2, 0.25) is 0 Å². The molecule has 0 atom stereocenters.